The molecule has 162 valence electrons. The third kappa shape index (κ3) is 3.36. The number of fused-ring (bicyclic) bond motifs is 2. The molecule has 3 aliphatic rings. The molecule has 2 aromatic rings. The SMILES string of the molecule is CN1C(=O)[C@H](I)N(C2CCCC2)c2nc(Nc3ccc(C(=O)O)c4c3OCC4)ncc21. The second-order valence-electron chi connectivity index (χ2n) is 7.98. The molecule has 0 radical (unpaired) electrons. The van der Waals surface area contributed by atoms with Gasteiger partial charge in [-0.15, -0.1) is 0 Å². The molecule has 3 heterocycles. The monoisotopic (exact) mass is 535 g/mol. The minimum atomic E-state index is -0.966. The summed E-state index contributed by atoms with van der Waals surface area (Å²) >= 11 is 2.19. The molecule has 1 aromatic heterocycles. The molecule has 31 heavy (non-hydrogen) atoms. The first-order valence-corrected chi connectivity index (χ1v) is 11.6. The number of amides is 1. The number of carboxylic acids is 1. The summed E-state index contributed by atoms with van der Waals surface area (Å²) in [4.78, 5) is 37.2. The Kier molecular flexibility index (Phi) is 5.11. The number of carboxylic acid groups (broad SMARTS) is 1. The summed E-state index contributed by atoms with van der Waals surface area (Å²) in [5, 5.41) is 12.6. The molecule has 1 atom stereocenters. The Morgan fingerprint density at radius 3 is 2.84 bits per heavy atom. The zero-order chi connectivity index (χ0) is 21.7. The minimum Gasteiger partial charge on any atom is -0.491 e. The van der Waals surface area contributed by atoms with Crippen LogP contribution in [0, 0.1) is 0 Å². The molecular formula is C21H22IN5O4. The summed E-state index contributed by atoms with van der Waals surface area (Å²) in [6.45, 7) is 0.443. The lowest BCUT2D eigenvalue weighted by Crippen LogP contribution is -2.53. The number of alkyl halides is 1. The van der Waals surface area contributed by atoms with Gasteiger partial charge in [-0.1, -0.05) is 12.8 Å². The van der Waals surface area contributed by atoms with E-state index in [-0.39, 0.29) is 21.6 Å². The number of nitrogens with one attached hydrogen (secondary N) is 1. The van der Waals surface area contributed by atoms with Crippen LogP contribution in [0.4, 0.5) is 23.1 Å². The van der Waals surface area contributed by atoms with Gasteiger partial charge in [0, 0.05) is 25.1 Å². The predicted octanol–water partition coefficient (Wildman–Crippen LogP) is 3.34. The molecule has 0 saturated heterocycles. The van der Waals surface area contributed by atoms with Crippen LogP contribution in [-0.2, 0) is 11.2 Å². The summed E-state index contributed by atoms with van der Waals surface area (Å²) in [5.74, 6) is 0.721. The molecule has 1 fully saturated rings. The van der Waals surface area contributed by atoms with Gasteiger partial charge in [0.25, 0.3) is 5.91 Å². The first kappa shape index (κ1) is 20.3. The van der Waals surface area contributed by atoms with Crippen LogP contribution in [0.1, 0.15) is 41.6 Å². The highest BCUT2D eigenvalue weighted by Gasteiger charge is 2.40. The van der Waals surface area contributed by atoms with Crippen molar-refractivity contribution < 1.29 is 19.4 Å². The highest BCUT2D eigenvalue weighted by atomic mass is 127. The van der Waals surface area contributed by atoms with E-state index in [1.54, 1.807) is 30.3 Å². The van der Waals surface area contributed by atoms with E-state index in [1.807, 2.05) is 0 Å². The molecule has 9 nitrogen and oxygen atoms in total. The Balaban J connectivity index is 1.53. The largest absolute Gasteiger partial charge is 0.491 e. The van der Waals surface area contributed by atoms with Crippen LogP contribution in [0.25, 0.3) is 0 Å². The van der Waals surface area contributed by atoms with Gasteiger partial charge in [-0.25, -0.2) is 9.78 Å². The summed E-state index contributed by atoms with van der Waals surface area (Å²) in [6.07, 6.45) is 6.61. The molecule has 1 amide bonds. The molecule has 0 spiro atoms. The van der Waals surface area contributed by atoms with E-state index in [0.29, 0.717) is 41.7 Å². The van der Waals surface area contributed by atoms with Gasteiger partial charge in [-0.2, -0.15) is 4.98 Å². The molecule has 10 heteroatoms. The molecule has 5 rings (SSSR count). The van der Waals surface area contributed by atoms with Gasteiger partial charge in [0.15, 0.2) is 9.87 Å². The molecule has 0 unspecified atom stereocenters. The van der Waals surface area contributed by atoms with Gasteiger partial charge >= 0.3 is 5.97 Å². The third-order valence-corrected chi connectivity index (χ3v) is 7.32. The maximum Gasteiger partial charge on any atom is 0.336 e. The first-order valence-electron chi connectivity index (χ1n) is 10.3. The Bertz CT molecular complexity index is 1070. The Morgan fingerprint density at radius 2 is 2.10 bits per heavy atom. The van der Waals surface area contributed by atoms with Crippen LogP contribution >= 0.6 is 22.6 Å². The van der Waals surface area contributed by atoms with E-state index in [1.165, 1.54) is 0 Å². The van der Waals surface area contributed by atoms with Crippen molar-refractivity contribution in [3.8, 4) is 5.75 Å². The topological polar surface area (TPSA) is 108 Å². The Hall–Kier alpha value is -2.63. The fourth-order valence-corrected chi connectivity index (χ4v) is 5.75. The molecular weight excluding hydrogens is 513 g/mol. The number of carbonyl (C=O) groups is 2. The highest BCUT2D eigenvalue weighted by molar-refractivity contribution is 14.1. The van der Waals surface area contributed by atoms with Gasteiger partial charge < -0.3 is 25.0 Å². The maximum atomic E-state index is 12.8. The average molecular weight is 535 g/mol. The third-order valence-electron chi connectivity index (χ3n) is 6.19. The Labute approximate surface area is 192 Å². The number of hydrogen-bond acceptors (Lipinski definition) is 7. The number of aromatic carboxylic acids is 1. The normalized spacial score (nSPS) is 20.5. The van der Waals surface area contributed by atoms with Crippen LogP contribution in [-0.4, -0.2) is 50.7 Å². The van der Waals surface area contributed by atoms with Crippen LogP contribution in [0.5, 0.6) is 5.75 Å². The van der Waals surface area contributed by atoms with Gasteiger partial charge in [0.05, 0.1) is 24.1 Å². The zero-order valence-electron chi connectivity index (χ0n) is 17.0. The van der Waals surface area contributed by atoms with Crippen molar-refractivity contribution in [3.63, 3.8) is 0 Å². The van der Waals surface area contributed by atoms with Crippen molar-refractivity contribution >= 4 is 57.6 Å². The zero-order valence-corrected chi connectivity index (χ0v) is 19.1. The quantitative estimate of drug-likeness (QED) is 0.349. The minimum absolute atomic E-state index is 0.0276. The lowest BCUT2D eigenvalue weighted by Gasteiger charge is -2.41. The molecule has 2 N–H and O–H groups in total. The first-order chi connectivity index (χ1) is 15.0. The molecule has 0 bridgehead atoms. The standard InChI is InChI=1S/C21H22IN5O4/c1-26-15-10-23-21(24-14-7-6-13(20(29)30)12-8-9-31-16(12)14)25-18(15)27(17(22)19(26)28)11-4-2-3-5-11/h6-7,10-11,17H,2-5,8-9H2,1H3,(H,29,30)(H,23,24,25)/t17-/m1/s1. The van der Waals surface area contributed by atoms with Gasteiger partial charge in [0.2, 0.25) is 5.95 Å². The van der Waals surface area contributed by atoms with E-state index in [9.17, 15) is 14.7 Å². The number of benzene rings is 1. The van der Waals surface area contributed by atoms with Crippen molar-refractivity contribution in [3.05, 3.63) is 29.5 Å². The lowest BCUT2D eigenvalue weighted by atomic mass is 10.0. The van der Waals surface area contributed by atoms with Crippen molar-refractivity contribution in [2.45, 2.75) is 42.2 Å². The van der Waals surface area contributed by atoms with Crippen molar-refractivity contribution in [1.82, 2.24) is 9.97 Å². The number of rotatable bonds is 4. The second kappa shape index (κ2) is 7.81. The van der Waals surface area contributed by atoms with Crippen LogP contribution in [0.3, 0.4) is 0 Å². The summed E-state index contributed by atoms with van der Waals surface area (Å²) < 4.78 is 5.39. The summed E-state index contributed by atoms with van der Waals surface area (Å²) in [7, 11) is 1.75. The van der Waals surface area contributed by atoms with Crippen molar-refractivity contribution in [2.75, 3.05) is 28.8 Å². The van der Waals surface area contributed by atoms with Crippen LogP contribution < -0.4 is 19.9 Å². The van der Waals surface area contributed by atoms with Crippen LogP contribution in [0.2, 0.25) is 0 Å². The fourth-order valence-electron chi connectivity index (χ4n) is 4.61. The van der Waals surface area contributed by atoms with E-state index in [0.717, 1.165) is 31.5 Å². The van der Waals surface area contributed by atoms with Gasteiger partial charge in [0.1, 0.15) is 11.4 Å². The average Bonchev–Trinajstić information content (AvgIpc) is 3.45. The number of likely N-dealkylation sites (N-methyl/N-ethyl adjacent to an activating group) is 1. The number of halogens is 1. The van der Waals surface area contributed by atoms with Crippen molar-refractivity contribution in [1.29, 1.82) is 0 Å². The number of hydrogen-bond donors (Lipinski definition) is 2. The maximum absolute atomic E-state index is 12.8. The van der Waals surface area contributed by atoms with E-state index >= 15 is 0 Å². The number of nitrogens with zero attached hydrogens (tertiary/aromatic N) is 4. The van der Waals surface area contributed by atoms with E-state index in [4.69, 9.17) is 9.72 Å². The fraction of sp³-hybridized carbons (Fsp3) is 0.429. The van der Waals surface area contributed by atoms with E-state index < -0.39 is 5.97 Å². The molecule has 2 aliphatic heterocycles. The summed E-state index contributed by atoms with van der Waals surface area (Å²) in [6, 6.07) is 3.54. The molecule has 1 saturated carbocycles. The number of ether oxygens (including phenoxy) is 1. The number of carbonyl (C=O) groups excluding carboxylic acids is 1. The Morgan fingerprint density at radius 1 is 1.32 bits per heavy atom. The smallest absolute Gasteiger partial charge is 0.336 e. The molecule has 1 aliphatic carbocycles. The highest BCUT2D eigenvalue weighted by Crippen LogP contribution is 2.42. The lowest BCUT2D eigenvalue weighted by molar-refractivity contribution is -0.117. The summed E-state index contributed by atoms with van der Waals surface area (Å²) in [5.41, 5.74) is 2.26. The van der Waals surface area contributed by atoms with Gasteiger partial charge in [-0.3, -0.25) is 4.79 Å². The van der Waals surface area contributed by atoms with Crippen molar-refractivity contribution in [2.24, 2.45) is 0 Å². The van der Waals surface area contributed by atoms with E-state index in [2.05, 4.69) is 37.8 Å². The van der Waals surface area contributed by atoms with Crippen LogP contribution in [0.15, 0.2) is 18.3 Å². The number of aromatic nitrogens is 2. The number of anilines is 4. The second-order valence-corrected chi connectivity index (χ2v) is 9.16. The molecule has 1 aromatic carbocycles. The predicted molar refractivity (Wildman–Crippen MR) is 124 cm³/mol. The van der Waals surface area contributed by atoms with Gasteiger partial charge in [-0.05, 0) is 47.6 Å².